The van der Waals surface area contributed by atoms with Crippen molar-refractivity contribution in [2.24, 2.45) is 0 Å². The maximum Gasteiger partial charge on any atom is 0.264 e. The van der Waals surface area contributed by atoms with Crippen LogP contribution in [0.3, 0.4) is 0 Å². The van der Waals surface area contributed by atoms with Crippen molar-refractivity contribution in [2.75, 3.05) is 6.79 Å². The fraction of sp³-hybridized carbons (Fsp3) is 0.207. The van der Waals surface area contributed by atoms with Crippen LogP contribution in [-0.2, 0) is 27.7 Å². The molecule has 0 saturated heterocycles. The Bertz CT molecular complexity index is 1520. The fourth-order valence-electron chi connectivity index (χ4n) is 4.48. The van der Waals surface area contributed by atoms with Crippen LogP contribution in [-0.4, -0.2) is 72.5 Å². The van der Waals surface area contributed by atoms with Crippen LogP contribution in [0.25, 0.3) is 10.8 Å². The van der Waals surface area contributed by atoms with E-state index in [-0.39, 0.29) is 63.1 Å². The minimum Gasteiger partial charge on any atom is -0.454 e. The average Bonchev–Trinajstić information content (AvgIpc) is 3.35. The van der Waals surface area contributed by atoms with Crippen molar-refractivity contribution in [1.82, 2.24) is 4.72 Å². The van der Waals surface area contributed by atoms with Crippen LogP contribution >= 0.6 is 0 Å². The predicted molar refractivity (Wildman–Crippen MR) is 144 cm³/mol. The van der Waals surface area contributed by atoms with Crippen LogP contribution in [0.1, 0.15) is 36.0 Å². The van der Waals surface area contributed by atoms with Crippen LogP contribution in [0.5, 0.6) is 11.5 Å². The van der Waals surface area contributed by atoms with E-state index >= 15 is 0 Å². The van der Waals surface area contributed by atoms with Gasteiger partial charge in [-0.2, -0.15) is 0 Å². The molecule has 1 amide bonds. The number of rotatable bonds is 8. The van der Waals surface area contributed by atoms with Crippen molar-refractivity contribution in [3.05, 3.63) is 102 Å². The number of hydrogen-bond donors (Lipinski definition) is 1. The quantitative estimate of drug-likeness (QED) is 0.319. The number of carbonyl (C=O) groups is 1. The Hall–Kier alpha value is -2.20. The third kappa shape index (κ3) is 6.45. The van der Waals surface area contributed by atoms with E-state index in [9.17, 15) is 13.2 Å². The van der Waals surface area contributed by atoms with Gasteiger partial charge in [0, 0.05) is 51.4 Å². The first-order valence-corrected chi connectivity index (χ1v) is 13.4. The minimum absolute atomic E-state index is 0. The molecule has 5 rings (SSSR count). The fourth-order valence-corrected chi connectivity index (χ4v) is 5.50. The second kappa shape index (κ2) is 12.1. The summed E-state index contributed by atoms with van der Waals surface area (Å²) in [5.74, 6) is -0.212. The van der Waals surface area contributed by atoms with E-state index in [0.717, 1.165) is 34.7 Å². The maximum atomic E-state index is 13.5. The predicted octanol–water partition coefficient (Wildman–Crippen LogP) is 4.97. The van der Waals surface area contributed by atoms with E-state index in [1.165, 1.54) is 0 Å². The van der Waals surface area contributed by atoms with Gasteiger partial charge in [-0.15, -0.1) is 0 Å². The molecular formula is C29H27KNO5S. The van der Waals surface area contributed by atoms with Crippen LogP contribution in [0.15, 0.2) is 89.8 Å². The maximum absolute atomic E-state index is 13.5. The molecule has 0 spiro atoms. The van der Waals surface area contributed by atoms with Crippen LogP contribution in [0.2, 0.25) is 0 Å². The van der Waals surface area contributed by atoms with Crippen LogP contribution < -0.4 is 14.2 Å². The molecule has 6 nitrogen and oxygen atoms in total. The number of amides is 1. The second-order valence-corrected chi connectivity index (χ2v) is 10.6. The molecule has 1 aliphatic rings. The Kier molecular flexibility index (Phi) is 9.10. The number of carbonyl (C=O) groups excluding carboxylic acids is 1. The molecule has 0 aromatic heterocycles. The molecule has 4 aromatic rings. The molecule has 0 aliphatic carbocycles. The Balaban J connectivity index is 0.00000320. The number of nitrogens with one attached hydrogen (secondary N) is 1. The first kappa shape index (κ1) is 27.8. The summed E-state index contributed by atoms with van der Waals surface area (Å²) in [7, 11) is -4.04. The normalized spacial score (nSPS) is 13.1. The molecule has 0 saturated carbocycles. The second-order valence-electron chi connectivity index (χ2n) is 8.91. The smallest absolute Gasteiger partial charge is 0.264 e. The zero-order valence-electron chi connectivity index (χ0n) is 20.9. The summed E-state index contributed by atoms with van der Waals surface area (Å²) in [5.41, 5.74) is 2.63. The summed E-state index contributed by atoms with van der Waals surface area (Å²) in [6.45, 7) is 2.18. The Morgan fingerprint density at radius 3 is 2.32 bits per heavy atom. The number of ether oxygens (including phenoxy) is 2. The third-order valence-electron chi connectivity index (χ3n) is 6.38. The molecule has 1 heterocycles. The van der Waals surface area contributed by atoms with E-state index in [0.29, 0.717) is 23.5 Å². The van der Waals surface area contributed by atoms with Gasteiger partial charge in [-0.1, -0.05) is 74.0 Å². The van der Waals surface area contributed by atoms with Gasteiger partial charge in [0.05, 0.1) is 10.8 Å². The van der Waals surface area contributed by atoms with Crippen molar-refractivity contribution in [3.63, 3.8) is 0 Å². The largest absolute Gasteiger partial charge is 0.454 e. The van der Waals surface area contributed by atoms with E-state index < -0.39 is 21.8 Å². The van der Waals surface area contributed by atoms with E-state index in [4.69, 9.17) is 9.47 Å². The zero-order valence-corrected chi connectivity index (χ0v) is 24.9. The Morgan fingerprint density at radius 2 is 1.57 bits per heavy atom. The summed E-state index contributed by atoms with van der Waals surface area (Å²) < 4.78 is 39.4. The molecule has 0 bridgehead atoms. The van der Waals surface area contributed by atoms with Crippen molar-refractivity contribution < 1.29 is 22.7 Å². The van der Waals surface area contributed by atoms with Crippen molar-refractivity contribution in [1.29, 1.82) is 0 Å². The van der Waals surface area contributed by atoms with Crippen molar-refractivity contribution in [3.8, 4) is 11.5 Å². The molecule has 1 aliphatic heterocycles. The SMILES string of the molecule is CCCc1ccc(S(=O)(=O)NC(=O)C(Cc2ccc3ccccc3c2)c2ccc3c(c2)OCO3)cc1.[K]. The summed E-state index contributed by atoms with van der Waals surface area (Å²) in [6, 6.07) is 25.9. The number of aryl methyl sites for hydroxylation is 1. The van der Waals surface area contributed by atoms with Crippen molar-refractivity contribution in [2.45, 2.75) is 37.0 Å². The molecule has 1 radical (unpaired) electrons. The number of hydrogen-bond acceptors (Lipinski definition) is 5. The van der Waals surface area contributed by atoms with Gasteiger partial charge in [0.2, 0.25) is 12.7 Å². The summed E-state index contributed by atoms with van der Waals surface area (Å²) in [4.78, 5) is 13.6. The summed E-state index contributed by atoms with van der Waals surface area (Å²) in [6.07, 6.45) is 2.15. The van der Waals surface area contributed by atoms with E-state index in [2.05, 4.69) is 11.6 Å². The summed E-state index contributed by atoms with van der Waals surface area (Å²) in [5, 5.41) is 2.15. The van der Waals surface area contributed by atoms with Gasteiger partial charge >= 0.3 is 0 Å². The first-order valence-electron chi connectivity index (χ1n) is 12.0. The van der Waals surface area contributed by atoms with Crippen LogP contribution in [0, 0.1) is 0 Å². The molecule has 185 valence electrons. The zero-order chi connectivity index (χ0) is 25.1. The van der Waals surface area contributed by atoms with Gasteiger partial charge < -0.3 is 9.47 Å². The third-order valence-corrected chi connectivity index (χ3v) is 7.74. The van der Waals surface area contributed by atoms with Gasteiger partial charge in [-0.3, -0.25) is 4.79 Å². The van der Waals surface area contributed by atoms with Crippen LogP contribution in [0.4, 0.5) is 0 Å². The van der Waals surface area contributed by atoms with E-state index in [1.807, 2.05) is 42.5 Å². The van der Waals surface area contributed by atoms with Crippen molar-refractivity contribution >= 4 is 78.1 Å². The molecule has 1 atom stereocenters. The minimum atomic E-state index is -4.04. The molecule has 37 heavy (non-hydrogen) atoms. The average molecular weight is 541 g/mol. The number of benzene rings is 4. The Labute approximate surface area is 259 Å². The monoisotopic (exact) mass is 540 g/mol. The molecule has 1 N–H and O–H groups in total. The molecule has 1 unspecified atom stereocenters. The Morgan fingerprint density at radius 1 is 0.865 bits per heavy atom. The van der Waals surface area contributed by atoms with E-state index in [1.54, 1.807) is 42.5 Å². The molecule has 8 heteroatoms. The number of fused-ring (bicyclic) bond motifs is 2. The molecule has 0 fully saturated rings. The van der Waals surface area contributed by atoms with Gasteiger partial charge in [0.15, 0.2) is 11.5 Å². The van der Waals surface area contributed by atoms with Gasteiger partial charge in [-0.05, 0) is 64.6 Å². The molecule has 4 aromatic carbocycles. The summed E-state index contributed by atoms with van der Waals surface area (Å²) >= 11 is 0. The van der Waals surface area contributed by atoms with Gasteiger partial charge in [0.1, 0.15) is 0 Å². The topological polar surface area (TPSA) is 81.7 Å². The molecular weight excluding hydrogens is 513 g/mol. The first-order chi connectivity index (χ1) is 17.4. The number of sulfonamides is 1. The standard InChI is InChI=1S/C29H27NO5S.K/c1-2-5-20-9-13-25(14-10-20)36(32,33)30-29(31)26(24-12-15-27-28(18-24)35-19-34-27)17-21-8-11-22-6-3-4-7-23(22)16-21;/h3-4,6-16,18,26H,2,5,17,19H2,1H3,(H,30,31);. The van der Waals surface area contributed by atoms with Gasteiger partial charge in [0.25, 0.3) is 10.0 Å². The van der Waals surface area contributed by atoms with Gasteiger partial charge in [-0.25, -0.2) is 13.1 Å².